The molecule has 0 bridgehead atoms. The minimum absolute atomic E-state index is 0.347. The second-order valence-corrected chi connectivity index (χ2v) is 5.12. The van der Waals surface area contributed by atoms with Gasteiger partial charge in [-0.1, -0.05) is 13.8 Å². The van der Waals surface area contributed by atoms with E-state index < -0.39 is 0 Å². The molecular formula is C12H25NO. The maximum absolute atomic E-state index is 6.18. The van der Waals surface area contributed by atoms with Gasteiger partial charge in [-0.3, -0.25) is 0 Å². The van der Waals surface area contributed by atoms with E-state index in [1.165, 1.54) is 19.3 Å². The molecule has 14 heavy (non-hydrogen) atoms. The lowest BCUT2D eigenvalue weighted by atomic mass is 9.73. The molecule has 1 rings (SSSR count). The first-order chi connectivity index (χ1) is 6.63. The molecule has 0 spiro atoms. The van der Waals surface area contributed by atoms with Crippen molar-refractivity contribution in [2.45, 2.75) is 45.6 Å². The molecule has 3 atom stereocenters. The fourth-order valence-corrected chi connectivity index (χ4v) is 2.85. The molecule has 1 saturated carbocycles. The summed E-state index contributed by atoms with van der Waals surface area (Å²) in [7, 11) is 1.75. The van der Waals surface area contributed by atoms with Crippen molar-refractivity contribution in [3.05, 3.63) is 0 Å². The van der Waals surface area contributed by atoms with Crippen molar-refractivity contribution in [1.82, 2.24) is 0 Å². The Labute approximate surface area is 88.2 Å². The van der Waals surface area contributed by atoms with Crippen molar-refractivity contribution < 1.29 is 4.74 Å². The van der Waals surface area contributed by atoms with Gasteiger partial charge < -0.3 is 10.5 Å². The fourth-order valence-electron chi connectivity index (χ4n) is 2.85. The van der Waals surface area contributed by atoms with Crippen LogP contribution in [0.15, 0.2) is 0 Å². The van der Waals surface area contributed by atoms with Crippen molar-refractivity contribution in [1.29, 1.82) is 0 Å². The summed E-state index contributed by atoms with van der Waals surface area (Å²) in [4.78, 5) is 0. The predicted octanol–water partition coefficient (Wildman–Crippen LogP) is 2.42. The van der Waals surface area contributed by atoms with Gasteiger partial charge in [-0.25, -0.2) is 0 Å². The summed E-state index contributed by atoms with van der Waals surface area (Å²) in [6.45, 7) is 5.51. The van der Waals surface area contributed by atoms with Gasteiger partial charge in [0.05, 0.1) is 0 Å². The lowest BCUT2D eigenvalue weighted by Gasteiger charge is -2.34. The zero-order chi connectivity index (χ0) is 10.6. The Balaban J connectivity index is 2.34. The van der Waals surface area contributed by atoms with Crippen LogP contribution in [0.25, 0.3) is 0 Å². The second kappa shape index (κ2) is 5.72. The van der Waals surface area contributed by atoms with Gasteiger partial charge in [0.1, 0.15) is 0 Å². The maximum atomic E-state index is 6.18. The quantitative estimate of drug-likeness (QED) is 0.754. The summed E-state index contributed by atoms with van der Waals surface area (Å²) in [5, 5.41) is 0. The van der Waals surface area contributed by atoms with Crippen LogP contribution in [-0.4, -0.2) is 19.8 Å². The Kier molecular flexibility index (Phi) is 4.90. The van der Waals surface area contributed by atoms with E-state index in [-0.39, 0.29) is 0 Å². The first kappa shape index (κ1) is 12.0. The van der Waals surface area contributed by atoms with E-state index in [0.29, 0.717) is 6.04 Å². The first-order valence-electron chi connectivity index (χ1n) is 5.88. The minimum Gasteiger partial charge on any atom is -0.385 e. The van der Waals surface area contributed by atoms with Crippen LogP contribution in [0.1, 0.15) is 39.5 Å². The van der Waals surface area contributed by atoms with Gasteiger partial charge in [-0.05, 0) is 43.4 Å². The molecule has 84 valence electrons. The third kappa shape index (κ3) is 3.58. The average molecular weight is 199 g/mol. The maximum Gasteiger partial charge on any atom is 0.0477 e. The van der Waals surface area contributed by atoms with Gasteiger partial charge in [-0.2, -0.15) is 0 Å². The van der Waals surface area contributed by atoms with E-state index in [2.05, 4.69) is 13.8 Å². The number of nitrogens with two attached hydrogens (primary N) is 1. The molecule has 0 aromatic rings. The summed E-state index contributed by atoms with van der Waals surface area (Å²) < 4.78 is 5.08. The Morgan fingerprint density at radius 2 is 1.79 bits per heavy atom. The van der Waals surface area contributed by atoms with Crippen LogP contribution >= 0.6 is 0 Å². The Bertz CT molecular complexity index is 150. The molecule has 0 heterocycles. The number of ether oxygens (including phenoxy) is 1. The molecule has 0 aromatic heterocycles. The molecule has 2 heteroatoms. The van der Waals surface area contributed by atoms with Gasteiger partial charge in [0, 0.05) is 19.8 Å². The van der Waals surface area contributed by atoms with Crippen LogP contribution in [0.2, 0.25) is 0 Å². The van der Waals surface area contributed by atoms with Crippen LogP contribution in [0, 0.1) is 17.8 Å². The second-order valence-electron chi connectivity index (χ2n) is 5.12. The first-order valence-corrected chi connectivity index (χ1v) is 5.88. The summed E-state index contributed by atoms with van der Waals surface area (Å²) in [6, 6.07) is 0.347. The molecule has 0 saturated heterocycles. The van der Waals surface area contributed by atoms with E-state index >= 15 is 0 Å². The highest BCUT2D eigenvalue weighted by molar-refractivity contribution is 4.81. The van der Waals surface area contributed by atoms with E-state index in [4.69, 9.17) is 10.5 Å². The fraction of sp³-hybridized carbons (Fsp3) is 1.00. The molecule has 0 amide bonds. The van der Waals surface area contributed by atoms with Crippen LogP contribution < -0.4 is 5.73 Å². The SMILES string of the molecule is COCCC(N)C1CC(C)CC(C)C1. The highest BCUT2D eigenvalue weighted by Gasteiger charge is 2.27. The molecule has 3 unspecified atom stereocenters. The minimum atomic E-state index is 0.347. The molecule has 0 radical (unpaired) electrons. The number of rotatable bonds is 4. The van der Waals surface area contributed by atoms with E-state index in [1.807, 2.05) is 0 Å². The third-order valence-corrected chi connectivity index (χ3v) is 3.48. The van der Waals surface area contributed by atoms with Crippen molar-refractivity contribution in [2.24, 2.45) is 23.5 Å². The van der Waals surface area contributed by atoms with Crippen molar-refractivity contribution in [3.63, 3.8) is 0 Å². The van der Waals surface area contributed by atoms with Gasteiger partial charge in [0.15, 0.2) is 0 Å². The molecule has 0 aliphatic heterocycles. The molecule has 2 nitrogen and oxygen atoms in total. The predicted molar refractivity (Wildman–Crippen MR) is 60.1 cm³/mol. The van der Waals surface area contributed by atoms with Crippen molar-refractivity contribution in [2.75, 3.05) is 13.7 Å². The van der Waals surface area contributed by atoms with Crippen molar-refractivity contribution >= 4 is 0 Å². The van der Waals surface area contributed by atoms with Crippen LogP contribution in [0.4, 0.5) is 0 Å². The standard InChI is InChI=1S/C12H25NO/c1-9-6-10(2)8-11(7-9)12(13)4-5-14-3/h9-12H,4-8,13H2,1-3H3. The molecule has 2 N–H and O–H groups in total. The average Bonchev–Trinajstić information content (AvgIpc) is 2.12. The van der Waals surface area contributed by atoms with Gasteiger partial charge >= 0.3 is 0 Å². The Morgan fingerprint density at radius 3 is 2.29 bits per heavy atom. The summed E-state index contributed by atoms with van der Waals surface area (Å²) in [6.07, 6.45) is 5.03. The summed E-state index contributed by atoms with van der Waals surface area (Å²) in [5.74, 6) is 2.44. The van der Waals surface area contributed by atoms with Crippen LogP contribution in [0.5, 0.6) is 0 Å². The Hall–Kier alpha value is -0.0800. The van der Waals surface area contributed by atoms with Crippen LogP contribution in [0.3, 0.4) is 0 Å². The molecule has 1 fully saturated rings. The number of hydrogen-bond donors (Lipinski definition) is 1. The number of hydrogen-bond acceptors (Lipinski definition) is 2. The smallest absolute Gasteiger partial charge is 0.0477 e. The lowest BCUT2D eigenvalue weighted by molar-refractivity contribution is 0.148. The third-order valence-electron chi connectivity index (χ3n) is 3.48. The molecule has 1 aliphatic rings. The highest BCUT2D eigenvalue weighted by atomic mass is 16.5. The van der Waals surface area contributed by atoms with E-state index in [9.17, 15) is 0 Å². The molecule has 1 aliphatic carbocycles. The van der Waals surface area contributed by atoms with E-state index in [0.717, 1.165) is 30.8 Å². The van der Waals surface area contributed by atoms with Gasteiger partial charge in [0.25, 0.3) is 0 Å². The lowest BCUT2D eigenvalue weighted by Crippen LogP contribution is -2.36. The monoisotopic (exact) mass is 199 g/mol. The largest absolute Gasteiger partial charge is 0.385 e. The van der Waals surface area contributed by atoms with Gasteiger partial charge in [0.2, 0.25) is 0 Å². The summed E-state index contributed by atoms with van der Waals surface area (Å²) in [5.41, 5.74) is 6.18. The zero-order valence-corrected chi connectivity index (χ0v) is 9.83. The Morgan fingerprint density at radius 1 is 1.21 bits per heavy atom. The highest BCUT2D eigenvalue weighted by Crippen LogP contribution is 2.34. The molecular weight excluding hydrogens is 174 g/mol. The molecule has 0 aromatic carbocycles. The number of methoxy groups -OCH3 is 1. The topological polar surface area (TPSA) is 35.2 Å². The normalized spacial score (nSPS) is 35.6. The zero-order valence-electron chi connectivity index (χ0n) is 9.83. The summed E-state index contributed by atoms with van der Waals surface area (Å²) >= 11 is 0. The van der Waals surface area contributed by atoms with Crippen LogP contribution in [-0.2, 0) is 4.74 Å². The van der Waals surface area contributed by atoms with Gasteiger partial charge in [-0.15, -0.1) is 0 Å². The van der Waals surface area contributed by atoms with E-state index in [1.54, 1.807) is 7.11 Å². The van der Waals surface area contributed by atoms with Crippen molar-refractivity contribution in [3.8, 4) is 0 Å².